The highest BCUT2D eigenvalue weighted by Gasteiger charge is 2.22. The lowest BCUT2D eigenvalue weighted by Crippen LogP contribution is -2.05. The zero-order chi connectivity index (χ0) is 31.2. The molecule has 0 spiro atoms. The summed E-state index contributed by atoms with van der Waals surface area (Å²) in [5.74, 6) is 0.483. The van der Waals surface area contributed by atoms with Crippen molar-refractivity contribution < 1.29 is 28.7 Å². The second-order valence-electron chi connectivity index (χ2n) is 9.85. The summed E-state index contributed by atoms with van der Waals surface area (Å²) >= 11 is 0. The predicted octanol–water partition coefficient (Wildman–Crippen LogP) is 6.26. The SMILES string of the molecule is Cc1c(COc2cc(OCc3cccc(C#N)c3)c(C=O)cc2[N+](=O)[O-])cccc1-c1cccc(-c2nnc(CO)o2)c1C. The van der Waals surface area contributed by atoms with E-state index in [4.69, 9.17) is 19.2 Å². The molecule has 1 N–H and O–H groups in total. The van der Waals surface area contributed by atoms with E-state index in [9.17, 15) is 20.0 Å². The standard InChI is InChI=1S/C33H26N4O7/c1-20-24(8-4-9-26(20)27-10-5-11-28(21(27)2)33-36-35-32(17-39)44-33)19-43-31-14-30(25(16-38)13-29(31)37(40)41)42-18-23-7-3-6-22(12-23)15-34/h3-14,16,39H,17-19H2,1-2H3. The Kier molecular flexibility index (Phi) is 8.74. The first kappa shape index (κ1) is 29.6. The molecule has 11 nitrogen and oxygen atoms in total. The molecule has 0 saturated carbocycles. The van der Waals surface area contributed by atoms with E-state index in [1.54, 1.807) is 24.3 Å². The summed E-state index contributed by atoms with van der Waals surface area (Å²) in [6.45, 7) is 3.56. The highest BCUT2D eigenvalue weighted by atomic mass is 16.6. The Morgan fingerprint density at radius 2 is 1.64 bits per heavy atom. The number of carbonyl (C=O) groups is 1. The lowest BCUT2D eigenvalue weighted by Gasteiger charge is -2.16. The van der Waals surface area contributed by atoms with Gasteiger partial charge < -0.3 is 19.0 Å². The second-order valence-corrected chi connectivity index (χ2v) is 9.85. The Labute approximate surface area is 252 Å². The molecule has 0 bridgehead atoms. The van der Waals surface area contributed by atoms with Gasteiger partial charge >= 0.3 is 5.69 Å². The van der Waals surface area contributed by atoms with Gasteiger partial charge in [0.2, 0.25) is 17.5 Å². The maximum absolute atomic E-state index is 11.9. The summed E-state index contributed by atoms with van der Waals surface area (Å²) in [6.07, 6.45) is 0.487. The molecule has 4 aromatic carbocycles. The number of aromatic nitrogens is 2. The number of benzene rings is 4. The summed E-state index contributed by atoms with van der Waals surface area (Å²) in [7, 11) is 0. The van der Waals surface area contributed by atoms with Crippen molar-refractivity contribution >= 4 is 12.0 Å². The summed E-state index contributed by atoms with van der Waals surface area (Å²) < 4.78 is 17.4. The zero-order valence-electron chi connectivity index (χ0n) is 23.8. The number of nitrogens with zero attached hydrogens (tertiary/aromatic N) is 4. The van der Waals surface area contributed by atoms with Gasteiger partial charge in [-0.15, -0.1) is 10.2 Å². The molecule has 5 rings (SSSR count). The topological polar surface area (TPSA) is 162 Å². The second kappa shape index (κ2) is 13.0. The molecule has 0 aliphatic heterocycles. The van der Waals surface area contributed by atoms with Crippen molar-refractivity contribution in [2.75, 3.05) is 0 Å². The first-order chi connectivity index (χ1) is 21.3. The molecule has 220 valence electrons. The van der Waals surface area contributed by atoms with Crippen molar-refractivity contribution in [1.29, 1.82) is 5.26 Å². The normalized spacial score (nSPS) is 10.7. The molecule has 0 atom stereocenters. The van der Waals surface area contributed by atoms with E-state index in [-0.39, 0.29) is 48.5 Å². The van der Waals surface area contributed by atoms with Crippen LogP contribution in [0.25, 0.3) is 22.6 Å². The number of nitro benzene ring substituents is 1. The van der Waals surface area contributed by atoms with Crippen LogP contribution in [-0.4, -0.2) is 26.5 Å². The van der Waals surface area contributed by atoms with Gasteiger partial charge in [0.25, 0.3) is 0 Å². The number of hydrogen-bond donors (Lipinski definition) is 1. The minimum atomic E-state index is -0.611. The van der Waals surface area contributed by atoms with Crippen molar-refractivity contribution in [2.24, 2.45) is 0 Å². The molecule has 1 aromatic heterocycles. The summed E-state index contributed by atoms with van der Waals surface area (Å²) in [5, 5.41) is 38.2. The molecular formula is C33H26N4O7. The predicted molar refractivity (Wildman–Crippen MR) is 159 cm³/mol. The van der Waals surface area contributed by atoms with Gasteiger partial charge in [-0.05, 0) is 65.4 Å². The fourth-order valence-corrected chi connectivity index (χ4v) is 4.81. The van der Waals surface area contributed by atoms with Crippen LogP contribution in [0.4, 0.5) is 5.69 Å². The van der Waals surface area contributed by atoms with E-state index in [0.717, 1.165) is 39.4 Å². The summed E-state index contributed by atoms with van der Waals surface area (Å²) in [4.78, 5) is 23.0. The molecular weight excluding hydrogens is 564 g/mol. The van der Waals surface area contributed by atoms with Gasteiger partial charge in [-0.1, -0.05) is 42.5 Å². The van der Waals surface area contributed by atoms with E-state index >= 15 is 0 Å². The molecule has 11 heteroatoms. The minimum absolute atomic E-state index is 0.00128. The van der Waals surface area contributed by atoms with Crippen LogP contribution in [0.15, 0.2) is 77.2 Å². The number of nitro groups is 1. The van der Waals surface area contributed by atoms with E-state index in [2.05, 4.69) is 16.3 Å². The van der Waals surface area contributed by atoms with Crippen molar-refractivity contribution in [3.8, 4) is 40.1 Å². The van der Waals surface area contributed by atoms with Gasteiger partial charge in [0, 0.05) is 17.7 Å². The van der Waals surface area contributed by atoms with Crippen LogP contribution in [0.2, 0.25) is 0 Å². The number of aliphatic hydroxyl groups excluding tert-OH is 1. The number of ether oxygens (including phenoxy) is 2. The molecule has 5 aromatic rings. The minimum Gasteiger partial charge on any atom is -0.488 e. The maximum Gasteiger partial charge on any atom is 0.311 e. The Morgan fingerprint density at radius 1 is 0.932 bits per heavy atom. The third-order valence-corrected chi connectivity index (χ3v) is 7.15. The van der Waals surface area contributed by atoms with Crippen LogP contribution in [-0.2, 0) is 19.8 Å². The lowest BCUT2D eigenvalue weighted by molar-refractivity contribution is -0.386. The van der Waals surface area contributed by atoms with Crippen molar-refractivity contribution in [3.05, 3.63) is 122 Å². The van der Waals surface area contributed by atoms with Gasteiger partial charge in [0.1, 0.15) is 25.6 Å². The number of rotatable bonds is 11. The molecule has 0 aliphatic carbocycles. The van der Waals surface area contributed by atoms with Gasteiger partial charge in [0.15, 0.2) is 6.29 Å². The monoisotopic (exact) mass is 590 g/mol. The molecule has 0 aliphatic rings. The van der Waals surface area contributed by atoms with Crippen LogP contribution in [0.3, 0.4) is 0 Å². The first-order valence-corrected chi connectivity index (χ1v) is 13.5. The van der Waals surface area contributed by atoms with Crippen molar-refractivity contribution in [2.45, 2.75) is 33.7 Å². The fourth-order valence-electron chi connectivity index (χ4n) is 4.81. The van der Waals surface area contributed by atoms with Gasteiger partial charge in [-0.25, -0.2) is 0 Å². The third kappa shape index (κ3) is 6.16. The quantitative estimate of drug-likeness (QED) is 0.105. The van der Waals surface area contributed by atoms with E-state index < -0.39 is 4.92 Å². The Hall–Kier alpha value is -5.86. The fraction of sp³-hybridized carbons (Fsp3) is 0.152. The summed E-state index contributed by atoms with van der Waals surface area (Å²) in [5.41, 5.74) is 5.93. The summed E-state index contributed by atoms with van der Waals surface area (Å²) in [6, 6.07) is 22.7. The average Bonchev–Trinajstić information content (AvgIpc) is 3.52. The van der Waals surface area contributed by atoms with Crippen molar-refractivity contribution in [3.63, 3.8) is 0 Å². The average molecular weight is 591 g/mol. The Morgan fingerprint density at radius 3 is 2.34 bits per heavy atom. The largest absolute Gasteiger partial charge is 0.488 e. The Bertz CT molecular complexity index is 1910. The number of nitriles is 1. The number of carbonyl (C=O) groups excluding carboxylic acids is 1. The molecule has 0 amide bonds. The van der Waals surface area contributed by atoms with Gasteiger partial charge in [-0.2, -0.15) is 5.26 Å². The highest BCUT2D eigenvalue weighted by molar-refractivity contribution is 5.82. The van der Waals surface area contributed by atoms with Crippen molar-refractivity contribution in [1.82, 2.24) is 10.2 Å². The van der Waals surface area contributed by atoms with Gasteiger partial charge in [-0.3, -0.25) is 14.9 Å². The zero-order valence-corrected chi connectivity index (χ0v) is 23.8. The molecule has 0 fully saturated rings. The number of hydrogen-bond acceptors (Lipinski definition) is 10. The van der Waals surface area contributed by atoms with Crippen LogP contribution in [0.1, 0.15) is 44.1 Å². The van der Waals surface area contributed by atoms with E-state index in [0.29, 0.717) is 23.3 Å². The molecule has 1 heterocycles. The highest BCUT2D eigenvalue weighted by Crippen LogP contribution is 2.37. The molecule has 0 saturated heterocycles. The molecule has 0 unspecified atom stereocenters. The van der Waals surface area contributed by atoms with E-state index in [1.165, 1.54) is 6.07 Å². The lowest BCUT2D eigenvalue weighted by atomic mass is 9.91. The van der Waals surface area contributed by atoms with Crippen LogP contribution in [0.5, 0.6) is 11.5 Å². The smallest absolute Gasteiger partial charge is 0.311 e. The van der Waals surface area contributed by atoms with Crippen LogP contribution >= 0.6 is 0 Å². The number of aliphatic hydroxyl groups is 1. The Balaban J connectivity index is 1.43. The van der Waals surface area contributed by atoms with Crippen LogP contribution in [0, 0.1) is 35.3 Å². The maximum atomic E-state index is 11.9. The van der Waals surface area contributed by atoms with Gasteiger partial charge in [0.05, 0.1) is 22.1 Å². The van der Waals surface area contributed by atoms with Crippen LogP contribution < -0.4 is 9.47 Å². The third-order valence-electron chi connectivity index (χ3n) is 7.15. The first-order valence-electron chi connectivity index (χ1n) is 13.5. The van der Waals surface area contributed by atoms with E-state index in [1.807, 2.05) is 50.2 Å². The molecule has 44 heavy (non-hydrogen) atoms. The number of aldehydes is 1. The molecule has 0 radical (unpaired) electrons.